The van der Waals surface area contributed by atoms with Crippen LogP contribution in [0.25, 0.3) is 0 Å². The van der Waals surface area contributed by atoms with Gasteiger partial charge in [0.15, 0.2) is 17.9 Å². The molecule has 0 spiro atoms. The minimum Gasteiger partial charge on any atom is -0.485 e. The normalized spacial score (nSPS) is 25.9. The lowest BCUT2D eigenvalue weighted by Crippen LogP contribution is -2.47. The maximum atomic E-state index is 15.0. The number of nitrogens with two attached hydrogens (primary N) is 1. The van der Waals surface area contributed by atoms with Gasteiger partial charge in [-0.3, -0.25) is 9.38 Å². The Kier molecular flexibility index (Phi) is 6.25. The van der Waals surface area contributed by atoms with Crippen molar-refractivity contribution in [3.63, 3.8) is 0 Å². The summed E-state index contributed by atoms with van der Waals surface area (Å²) in [4.78, 5) is 6.31. The molecule has 3 atom stereocenters. The molecular formula is C25H29F2N4O3S+. The van der Waals surface area contributed by atoms with Gasteiger partial charge in [-0.05, 0) is 73.3 Å². The zero-order chi connectivity index (χ0) is 24.8. The summed E-state index contributed by atoms with van der Waals surface area (Å²) in [7, 11) is -2.13. The third kappa shape index (κ3) is 5.02. The zero-order valence-corrected chi connectivity index (χ0v) is 20.3. The average molecular weight is 504 g/mol. The Morgan fingerprint density at radius 1 is 1.23 bits per heavy atom. The van der Waals surface area contributed by atoms with E-state index in [1.54, 1.807) is 31.3 Å². The number of ether oxygens (including phenoxy) is 1. The molecule has 0 amide bonds. The van der Waals surface area contributed by atoms with Crippen molar-refractivity contribution in [1.29, 1.82) is 0 Å². The van der Waals surface area contributed by atoms with Crippen LogP contribution >= 0.6 is 0 Å². The van der Waals surface area contributed by atoms with Crippen molar-refractivity contribution in [2.75, 3.05) is 33.3 Å². The standard InChI is InChI=1S/C25H29F2N4O3S/c1-31(15-25(29-16-31)35(28,32)33)8-9-34-24-14-20-18(12-22(24)27)13-23(30-6-3-7-30)21(20)11-17-4-2-5-19(26)10-17/h2,4-5,10,12,14-16,21,23H,3,6-9,11,13H2,1H3,(H2,28,32,33)/q+1. The fraction of sp³-hybridized carbons (Fsp3) is 0.400. The van der Waals surface area contributed by atoms with E-state index in [1.807, 2.05) is 6.07 Å². The molecule has 1 saturated heterocycles. The van der Waals surface area contributed by atoms with E-state index in [1.165, 1.54) is 18.6 Å². The maximum absolute atomic E-state index is 15.0. The number of sulfonamides is 1. The number of hydrogen-bond donors (Lipinski definition) is 1. The van der Waals surface area contributed by atoms with Gasteiger partial charge in [-0.25, -0.2) is 22.3 Å². The van der Waals surface area contributed by atoms with E-state index >= 15 is 0 Å². The summed E-state index contributed by atoms with van der Waals surface area (Å²) in [6.45, 7) is 2.55. The molecule has 0 saturated carbocycles. The number of likely N-dealkylation sites (N-methyl/N-ethyl adjacent to an activating group) is 1. The number of rotatable bonds is 8. The molecule has 35 heavy (non-hydrogen) atoms. The summed E-state index contributed by atoms with van der Waals surface area (Å²) >= 11 is 0. The van der Waals surface area contributed by atoms with E-state index in [-0.39, 0.29) is 39.6 Å². The Hall–Kier alpha value is -2.66. The maximum Gasteiger partial charge on any atom is 0.261 e. The molecule has 1 fully saturated rings. The fourth-order valence-electron chi connectivity index (χ4n) is 5.17. The van der Waals surface area contributed by atoms with Crippen molar-refractivity contribution in [2.45, 2.75) is 31.2 Å². The van der Waals surface area contributed by atoms with Gasteiger partial charge >= 0.3 is 0 Å². The summed E-state index contributed by atoms with van der Waals surface area (Å²) in [6, 6.07) is 10.3. The van der Waals surface area contributed by atoms with E-state index in [0.717, 1.165) is 42.6 Å². The molecule has 2 aromatic carbocycles. The minimum atomic E-state index is -3.89. The van der Waals surface area contributed by atoms with Gasteiger partial charge in [-0.15, -0.1) is 0 Å². The Bertz CT molecular complexity index is 1310. The zero-order valence-electron chi connectivity index (χ0n) is 19.5. The predicted molar refractivity (Wildman–Crippen MR) is 129 cm³/mol. The van der Waals surface area contributed by atoms with Crippen LogP contribution in [0.4, 0.5) is 8.78 Å². The Morgan fingerprint density at radius 2 is 2.03 bits per heavy atom. The quantitative estimate of drug-likeness (QED) is 0.562. The van der Waals surface area contributed by atoms with Gasteiger partial charge in [-0.1, -0.05) is 12.1 Å². The van der Waals surface area contributed by atoms with Gasteiger partial charge in [0.25, 0.3) is 10.0 Å². The number of primary sulfonamides is 1. The molecule has 2 N–H and O–H groups in total. The molecule has 5 rings (SSSR count). The number of aliphatic imine (C=N–C) groups is 1. The SMILES string of the molecule is C[N+]1(CCOc2cc3c(cc2F)CC(N2CCC2)C3Cc2cccc(F)c2)C=NC(S(N)(=O)=O)=C1. The Balaban J connectivity index is 1.34. The molecule has 1 aliphatic carbocycles. The molecule has 2 aliphatic heterocycles. The largest absolute Gasteiger partial charge is 0.485 e. The summed E-state index contributed by atoms with van der Waals surface area (Å²) < 4.78 is 57.8. The number of benzene rings is 2. The van der Waals surface area contributed by atoms with Gasteiger partial charge in [0, 0.05) is 12.0 Å². The van der Waals surface area contributed by atoms with Gasteiger partial charge in [0.1, 0.15) is 25.2 Å². The second-order valence-corrected chi connectivity index (χ2v) is 11.3. The van der Waals surface area contributed by atoms with Gasteiger partial charge in [0.05, 0.1) is 7.05 Å². The van der Waals surface area contributed by atoms with Crippen LogP contribution in [0.2, 0.25) is 0 Å². The van der Waals surface area contributed by atoms with Crippen LogP contribution in [-0.4, -0.2) is 63.5 Å². The smallest absolute Gasteiger partial charge is 0.261 e. The predicted octanol–water partition coefficient (Wildman–Crippen LogP) is 2.88. The minimum absolute atomic E-state index is 0.0809. The van der Waals surface area contributed by atoms with Gasteiger partial charge in [0.2, 0.25) is 5.03 Å². The first-order valence-corrected chi connectivity index (χ1v) is 13.3. The summed E-state index contributed by atoms with van der Waals surface area (Å²) in [6.07, 6.45) is 5.49. The third-order valence-electron chi connectivity index (χ3n) is 7.17. The van der Waals surface area contributed by atoms with Crippen molar-refractivity contribution in [3.05, 3.63) is 76.0 Å². The molecular weight excluding hydrogens is 474 g/mol. The lowest BCUT2D eigenvalue weighted by molar-refractivity contribution is -0.756. The average Bonchev–Trinajstić information content (AvgIpc) is 3.29. The second kappa shape index (κ2) is 9.09. The van der Waals surface area contributed by atoms with E-state index in [9.17, 15) is 17.2 Å². The molecule has 2 aromatic rings. The van der Waals surface area contributed by atoms with Crippen LogP contribution < -0.4 is 9.88 Å². The number of quaternary nitrogens is 1. The van der Waals surface area contributed by atoms with Crippen LogP contribution in [0.3, 0.4) is 0 Å². The van der Waals surface area contributed by atoms with Gasteiger partial charge in [-0.2, -0.15) is 4.99 Å². The van der Waals surface area contributed by atoms with Crippen molar-refractivity contribution in [1.82, 2.24) is 4.90 Å². The third-order valence-corrected chi connectivity index (χ3v) is 7.96. The first-order chi connectivity index (χ1) is 16.6. The first kappa shape index (κ1) is 24.1. The van der Waals surface area contributed by atoms with Crippen LogP contribution in [-0.2, 0) is 22.9 Å². The van der Waals surface area contributed by atoms with Crippen molar-refractivity contribution in [3.8, 4) is 5.75 Å². The van der Waals surface area contributed by atoms with Crippen LogP contribution in [0.15, 0.2) is 52.6 Å². The number of halogens is 2. The summed E-state index contributed by atoms with van der Waals surface area (Å²) in [5.74, 6) is -0.400. The molecule has 7 nitrogen and oxygen atoms in total. The van der Waals surface area contributed by atoms with Crippen LogP contribution in [0.5, 0.6) is 5.75 Å². The molecule has 3 aliphatic rings. The summed E-state index contributed by atoms with van der Waals surface area (Å²) in [5, 5.41) is 4.96. The Labute approximate surface area is 204 Å². The number of nitrogens with zero attached hydrogens (tertiary/aromatic N) is 3. The van der Waals surface area contributed by atoms with Crippen LogP contribution in [0.1, 0.15) is 29.0 Å². The number of fused-ring (bicyclic) bond motifs is 1. The van der Waals surface area contributed by atoms with Crippen molar-refractivity contribution >= 4 is 16.4 Å². The lowest BCUT2D eigenvalue weighted by Gasteiger charge is -2.39. The molecule has 0 bridgehead atoms. The Morgan fingerprint density at radius 3 is 2.69 bits per heavy atom. The first-order valence-electron chi connectivity index (χ1n) is 11.7. The highest BCUT2D eigenvalue weighted by Gasteiger charge is 2.39. The highest BCUT2D eigenvalue weighted by atomic mass is 32.2. The topological polar surface area (TPSA) is 85.0 Å². The molecule has 2 heterocycles. The second-order valence-electron chi connectivity index (χ2n) is 9.76. The van der Waals surface area contributed by atoms with E-state index in [4.69, 9.17) is 9.88 Å². The lowest BCUT2D eigenvalue weighted by atomic mass is 9.89. The van der Waals surface area contributed by atoms with Crippen LogP contribution in [0, 0.1) is 11.6 Å². The number of likely N-dealkylation sites (tertiary alicyclic amines) is 1. The van der Waals surface area contributed by atoms with Gasteiger partial charge < -0.3 is 4.74 Å². The molecule has 10 heteroatoms. The monoisotopic (exact) mass is 503 g/mol. The summed E-state index contributed by atoms with van der Waals surface area (Å²) in [5.41, 5.74) is 2.94. The van der Waals surface area contributed by atoms with E-state index in [0.29, 0.717) is 13.0 Å². The molecule has 3 unspecified atom stereocenters. The number of hydrogen-bond acceptors (Lipinski definition) is 5. The fourth-order valence-corrected chi connectivity index (χ4v) is 5.75. The van der Waals surface area contributed by atoms with Crippen molar-refractivity contribution < 1.29 is 26.4 Å². The molecule has 0 aromatic heterocycles. The van der Waals surface area contributed by atoms with E-state index < -0.39 is 15.8 Å². The van der Waals surface area contributed by atoms with Crippen molar-refractivity contribution in [2.24, 2.45) is 10.1 Å². The van der Waals surface area contributed by atoms with E-state index in [2.05, 4.69) is 9.89 Å². The molecule has 186 valence electrons. The highest BCUT2D eigenvalue weighted by Crippen LogP contribution is 2.42. The molecule has 0 radical (unpaired) electrons. The highest BCUT2D eigenvalue weighted by molar-refractivity contribution is 7.93.